The molecule has 2 aliphatic rings. The van der Waals surface area contributed by atoms with E-state index in [1.807, 2.05) is 28.0 Å². The maximum atomic E-state index is 13.1. The van der Waals surface area contributed by atoms with Gasteiger partial charge in [-0.2, -0.15) is 13.2 Å². The fraction of sp³-hybridized carbons (Fsp3) is 0.458. The summed E-state index contributed by atoms with van der Waals surface area (Å²) >= 11 is 0. The summed E-state index contributed by atoms with van der Waals surface area (Å²) in [4.78, 5) is 19.3. The van der Waals surface area contributed by atoms with Crippen LogP contribution in [0.4, 0.5) is 18.9 Å². The maximum Gasteiger partial charge on any atom is 0.416 e. The van der Waals surface area contributed by atoms with Crippen LogP contribution in [0.3, 0.4) is 0 Å². The first kappa shape index (κ1) is 21.7. The quantitative estimate of drug-likeness (QED) is 0.724. The molecule has 2 heterocycles. The lowest BCUT2D eigenvalue weighted by atomic mass is 9.95. The fourth-order valence-electron chi connectivity index (χ4n) is 4.56. The number of piperidine rings is 1. The van der Waals surface area contributed by atoms with Gasteiger partial charge in [-0.15, -0.1) is 0 Å². The zero-order chi connectivity index (χ0) is 21.8. The van der Waals surface area contributed by atoms with Crippen LogP contribution in [0.15, 0.2) is 54.6 Å². The number of piperazine rings is 1. The highest BCUT2D eigenvalue weighted by Crippen LogP contribution is 2.32. The normalized spacial score (nSPS) is 20.7. The van der Waals surface area contributed by atoms with Crippen LogP contribution < -0.4 is 4.90 Å². The van der Waals surface area contributed by atoms with Gasteiger partial charge in [-0.1, -0.05) is 36.4 Å². The number of hydrogen-bond acceptors (Lipinski definition) is 3. The lowest BCUT2D eigenvalue weighted by Crippen LogP contribution is -2.52. The highest BCUT2D eigenvalue weighted by molar-refractivity contribution is 5.79. The van der Waals surface area contributed by atoms with E-state index in [1.54, 1.807) is 6.07 Å². The van der Waals surface area contributed by atoms with Gasteiger partial charge in [0.05, 0.1) is 11.5 Å². The van der Waals surface area contributed by atoms with Crippen molar-refractivity contribution in [3.05, 3.63) is 65.7 Å². The lowest BCUT2D eigenvalue weighted by molar-refractivity contribution is -0.138. The molecule has 7 heteroatoms. The molecule has 0 spiro atoms. The average Bonchev–Trinajstić information content (AvgIpc) is 2.79. The molecule has 2 saturated heterocycles. The summed E-state index contributed by atoms with van der Waals surface area (Å²) in [7, 11) is 0. The van der Waals surface area contributed by atoms with Crippen molar-refractivity contribution in [3.63, 3.8) is 0 Å². The molecular weight excluding hydrogens is 403 g/mol. The van der Waals surface area contributed by atoms with E-state index < -0.39 is 11.7 Å². The molecule has 166 valence electrons. The number of rotatable bonds is 4. The van der Waals surface area contributed by atoms with E-state index in [0.29, 0.717) is 31.9 Å². The summed E-state index contributed by atoms with van der Waals surface area (Å²) in [6.45, 7) is 4.81. The summed E-state index contributed by atoms with van der Waals surface area (Å²) in [5, 5.41) is 0. The monoisotopic (exact) mass is 431 g/mol. The van der Waals surface area contributed by atoms with Gasteiger partial charge in [-0.3, -0.25) is 9.69 Å². The standard InChI is InChI=1S/C24H28F3N3O/c25-24(26,27)21-9-4-10-22(16-21)29-12-14-30(15-13-29)23(31)20-8-5-11-28(18-20)17-19-6-2-1-3-7-19/h1-4,6-7,9-10,16,20H,5,8,11-15,17-18H2. The predicted octanol–water partition coefficient (Wildman–Crippen LogP) is 4.27. The minimum atomic E-state index is -4.35. The Labute approximate surface area is 181 Å². The van der Waals surface area contributed by atoms with E-state index in [1.165, 1.54) is 17.7 Å². The van der Waals surface area contributed by atoms with E-state index in [2.05, 4.69) is 17.0 Å². The van der Waals surface area contributed by atoms with Gasteiger partial charge in [0.2, 0.25) is 5.91 Å². The zero-order valence-corrected chi connectivity index (χ0v) is 17.5. The van der Waals surface area contributed by atoms with Crippen molar-refractivity contribution < 1.29 is 18.0 Å². The molecule has 2 aromatic rings. The maximum absolute atomic E-state index is 13.1. The molecule has 0 aromatic heterocycles. The Kier molecular flexibility index (Phi) is 6.51. The van der Waals surface area contributed by atoms with E-state index >= 15 is 0 Å². The Morgan fingerprint density at radius 3 is 2.39 bits per heavy atom. The molecule has 2 fully saturated rings. The molecule has 2 aromatic carbocycles. The lowest BCUT2D eigenvalue weighted by Gasteiger charge is -2.40. The van der Waals surface area contributed by atoms with Crippen molar-refractivity contribution in [1.29, 1.82) is 0 Å². The van der Waals surface area contributed by atoms with Crippen molar-refractivity contribution in [1.82, 2.24) is 9.80 Å². The smallest absolute Gasteiger partial charge is 0.368 e. The molecule has 31 heavy (non-hydrogen) atoms. The number of anilines is 1. The summed E-state index contributed by atoms with van der Waals surface area (Å²) in [6.07, 6.45) is -2.44. The Hall–Kier alpha value is -2.54. The first-order chi connectivity index (χ1) is 14.9. The molecule has 1 unspecified atom stereocenters. The van der Waals surface area contributed by atoms with E-state index in [-0.39, 0.29) is 11.8 Å². The number of benzene rings is 2. The van der Waals surface area contributed by atoms with Gasteiger partial charge in [0.1, 0.15) is 0 Å². The molecule has 1 amide bonds. The molecule has 1 atom stereocenters. The number of carbonyl (C=O) groups excluding carboxylic acids is 1. The van der Waals surface area contributed by atoms with Crippen molar-refractivity contribution in [2.45, 2.75) is 25.6 Å². The van der Waals surface area contributed by atoms with Crippen LogP contribution in [0.1, 0.15) is 24.0 Å². The average molecular weight is 432 g/mol. The SMILES string of the molecule is O=C(C1CCCN(Cc2ccccc2)C1)N1CCN(c2cccc(C(F)(F)F)c2)CC1. The van der Waals surface area contributed by atoms with E-state index in [9.17, 15) is 18.0 Å². The number of likely N-dealkylation sites (tertiary alicyclic amines) is 1. The summed E-state index contributed by atoms with van der Waals surface area (Å²) in [6, 6.07) is 15.7. The third-order valence-electron chi connectivity index (χ3n) is 6.23. The van der Waals surface area contributed by atoms with E-state index in [4.69, 9.17) is 0 Å². The Morgan fingerprint density at radius 1 is 0.935 bits per heavy atom. The first-order valence-corrected chi connectivity index (χ1v) is 10.9. The molecule has 2 aliphatic heterocycles. The molecule has 4 nitrogen and oxygen atoms in total. The number of nitrogens with zero attached hydrogens (tertiary/aromatic N) is 3. The van der Waals surface area contributed by atoms with Crippen LogP contribution in [-0.4, -0.2) is 55.0 Å². The van der Waals surface area contributed by atoms with Crippen LogP contribution >= 0.6 is 0 Å². The van der Waals surface area contributed by atoms with Crippen molar-refractivity contribution in [3.8, 4) is 0 Å². The summed E-state index contributed by atoms with van der Waals surface area (Å²) in [5.74, 6) is 0.180. The van der Waals surface area contributed by atoms with Crippen LogP contribution in [0, 0.1) is 5.92 Å². The second-order valence-corrected chi connectivity index (χ2v) is 8.42. The number of halogens is 3. The van der Waals surface area contributed by atoms with Crippen molar-refractivity contribution in [2.75, 3.05) is 44.2 Å². The summed E-state index contributed by atoms with van der Waals surface area (Å²) in [5.41, 5.74) is 1.18. The van der Waals surface area contributed by atoms with Gasteiger partial charge in [-0.05, 0) is 43.1 Å². The number of amides is 1. The fourth-order valence-corrected chi connectivity index (χ4v) is 4.56. The van der Waals surface area contributed by atoms with Gasteiger partial charge in [-0.25, -0.2) is 0 Å². The molecule has 0 bridgehead atoms. The molecular formula is C24H28F3N3O. The van der Waals surface area contributed by atoms with Gasteiger partial charge in [0.25, 0.3) is 0 Å². The van der Waals surface area contributed by atoms with Crippen LogP contribution in [-0.2, 0) is 17.5 Å². The van der Waals surface area contributed by atoms with Gasteiger partial charge >= 0.3 is 6.18 Å². The third kappa shape index (κ3) is 5.39. The predicted molar refractivity (Wildman–Crippen MR) is 115 cm³/mol. The van der Waals surface area contributed by atoms with Crippen molar-refractivity contribution in [2.24, 2.45) is 5.92 Å². The number of carbonyl (C=O) groups is 1. The second kappa shape index (κ2) is 9.30. The Bertz CT molecular complexity index is 879. The topological polar surface area (TPSA) is 26.8 Å². The molecule has 0 N–H and O–H groups in total. The van der Waals surface area contributed by atoms with Crippen LogP contribution in [0.25, 0.3) is 0 Å². The largest absolute Gasteiger partial charge is 0.416 e. The number of alkyl halides is 3. The van der Waals surface area contributed by atoms with Crippen molar-refractivity contribution >= 4 is 11.6 Å². The number of hydrogen-bond donors (Lipinski definition) is 0. The summed E-state index contributed by atoms with van der Waals surface area (Å²) < 4.78 is 39.0. The van der Waals surface area contributed by atoms with Gasteiger partial charge in [0, 0.05) is 45.0 Å². The molecule has 0 radical (unpaired) electrons. The molecule has 0 aliphatic carbocycles. The van der Waals surface area contributed by atoms with Crippen LogP contribution in [0.2, 0.25) is 0 Å². The van der Waals surface area contributed by atoms with E-state index in [0.717, 1.165) is 38.5 Å². The van der Waals surface area contributed by atoms with Crippen LogP contribution in [0.5, 0.6) is 0 Å². The molecule has 4 rings (SSSR count). The first-order valence-electron chi connectivity index (χ1n) is 10.9. The zero-order valence-electron chi connectivity index (χ0n) is 17.5. The Balaban J connectivity index is 1.32. The minimum Gasteiger partial charge on any atom is -0.368 e. The highest BCUT2D eigenvalue weighted by atomic mass is 19.4. The third-order valence-corrected chi connectivity index (χ3v) is 6.23. The van der Waals surface area contributed by atoms with Gasteiger partial charge in [0.15, 0.2) is 0 Å². The molecule has 0 saturated carbocycles. The van der Waals surface area contributed by atoms with Gasteiger partial charge < -0.3 is 9.80 Å². The highest BCUT2D eigenvalue weighted by Gasteiger charge is 2.33. The Morgan fingerprint density at radius 2 is 1.68 bits per heavy atom. The minimum absolute atomic E-state index is 0.00225. The second-order valence-electron chi connectivity index (χ2n) is 8.42.